The summed E-state index contributed by atoms with van der Waals surface area (Å²) in [7, 11) is 0. The van der Waals surface area contributed by atoms with Gasteiger partial charge in [0.25, 0.3) is 0 Å². The molecule has 2 N–H and O–H groups in total. The van der Waals surface area contributed by atoms with Crippen molar-refractivity contribution in [2.75, 3.05) is 31.1 Å². The molecule has 148 valence electrons. The van der Waals surface area contributed by atoms with Gasteiger partial charge in [0, 0.05) is 48.6 Å². The van der Waals surface area contributed by atoms with Crippen LogP contribution < -0.4 is 10.6 Å². The number of piperazine rings is 1. The molecule has 6 nitrogen and oxygen atoms in total. The summed E-state index contributed by atoms with van der Waals surface area (Å²) in [6.45, 7) is 5.53. The first kappa shape index (κ1) is 19.2. The van der Waals surface area contributed by atoms with Gasteiger partial charge in [-0.25, -0.2) is 0 Å². The Bertz CT molecular complexity index is 850. The molecule has 2 aromatic rings. The summed E-state index contributed by atoms with van der Waals surface area (Å²) in [5.74, 6) is 0.00580. The first-order valence-electron chi connectivity index (χ1n) is 9.66. The smallest absolute Gasteiger partial charge is 0.239 e. The third kappa shape index (κ3) is 3.85. The fraction of sp³-hybridized carbons (Fsp3) is 0.429. The van der Waals surface area contributed by atoms with Gasteiger partial charge < -0.3 is 20.3 Å². The first-order valence-corrected chi connectivity index (χ1v) is 10.0. The normalized spacial score (nSPS) is 20.2. The van der Waals surface area contributed by atoms with E-state index in [-0.39, 0.29) is 12.0 Å². The molecule has 28 heavy (non-hydrogen) atoms. The monoisotopic (exact) mass is 400 g/mol. The van der Waals surface area contributed by atoms with Crippen LogP contribution in [0.5, 0.6) is 0 Å². The average Bonchev–Trinajstić information content (AvgIpc) is 3.10. The van der Waals surface area contributed by atoms with E-state index < -0.39 is 6.04 Å². The number of ether oxygens (including phenoxy) is 1. The van der Waals surface area contributed by atoms with Gasteiger partial charge in [-0.05, 0) is 37.1 Å². The highest BCUT2D eigenvalue weighted by Crippen LogP contribution is 2.36. The number of pyridine rings is 1. The molecule has 1 amide bonds. The van der Waals surface area contributed by atoms with Gasteiger partial charge in [0.05, 0.1) is 24.4 Å². The van der Waals surface area contributed by atoms with Gasteiger partial charge in [0.2, 0.25) is 5.91 Å². The maximum absolute atomic E-state index is 12.8. The molecule has 1 saturated heterocycles. The van der Waals surface area contributed by atoms with Crippen LogP contribution >= 0.6 is 11.6 Å². The zero-order valence-corrected chi connectivity index (χ0v) is 16.7. The number of carbonyl (C=O) groups is 1. The Morgan fingerprint density at radius 3 is 2.68 bits per heavy atom. The van der Waals surface area contributed by atoms with Crippen molar-refractivity contribution in [3.05, 3.63) is 58.4 Å². The van der Waals surface area contributed by atoms with Crippen LogP contribution in [0.3, 0.4) is 0 Å². The van der Waals surface area contributed by atoms with Gasteiger partial charge >= 0.3 is 0 Å². The largest absolute Gasteiger partial charge is 0.368 e. The number of amides is 1. The van der Waals surface area contributed by atoms with Crippen molar-refractivity contribution in [2.45, 2.75) is 32.1 Å². The summed E-state index contributed by atoms with van der Waals surface area (Å²) in [5, 5.41) is 0.682. The molecule has 2 atom stereocenters. The SMILES string of the molecule is CC1OCc2nccc(N3CCN(C(=O)[C@H](N)Cc4ccc(Cl)cc4)CC3)c21. The number of anilines is 1. The highest BCUT2D eigenvalue weighted by Gasteiger charge is 2.30. The maximum Gasteiger partial charge on any atom is 0.239 e. The summed E-state index contributed by atoms with van der Waals surface area (Å²) in [4.78, 5) is 21.4. The number of rotatable bonds is 4. The third-order valence-electron chi connectivity index (χ3n) is 5.54. The van der Waals surface area contributed by atoms with E-state index >= 15 is 0 Å². The van der Waals surface area contributed by atoms with Crippen LogP contribution in [-0.2, 0) is 22.6 Å². The number of hydrogen-bond acceptors (Lipinski definition) is 5. The molecule has 4 rings (SSSR count). The second-order valence-corrected chi connectivity index (χ2v) is 7.83. The highest BCUT2D eigenvalue weighted by atomic mass is 35.5. The van der Waals surface area contributed by atoms with Gasteiger partial charge in [-0.15, -0.1) is 0 Å². The average molecular weight is 401 g/mol. The number of nitrogens with two attached hydrogens (primary N) is 1. The molecule has 7 heteroatoms. The lowest BCUT2D eigenvalue weighted by molar-refractivity contribution is -0.132. The highest BCUT2D eigenvalue weighted by molar-refractivity contribution is 6.30. The minimum atomic E-state index is -0.536. The molecule has 1 aromatic carbocycles. The van der Waals surface area contributed by atoms with Gasteiger partial charge in [0.15, 0.2) is 0 Å². The molecule has 1 fully saturated rings. The summed E-state index contributed by atoms with van der Waals surface area (Å²) in [6.07, 6.45) is 2.42. The van der Waals surface area contributed by atoms with Crippen LogP contribution in [0.15, 0.2) is 36.5 Å². The Balaban J connectivity index is 1.37. The predicted octanol–water partition coefficient (Wildman–Crippen LogP) is 2.54. The molecule has 0 spiro atoms. The lowest BCUT2D eigenvalue weighted by Crippen LogP contribution is -2.53. The Morgan fingerprint density at radius 2 is 1.96 bits per heavy atom. The number of nitrogens with zero attached hydrogens (tertiary/aromatic N) is 3. The van der Waals surface area contributed by atoms with Crippen LogP contribution in [0.25, 0.3) is 0 Å². The molecule has 3 heterocycles. The number of carbonyl (C=O) groups excluding carboxylic acids is 1. The Morgan fingerprint density at radius 1 is 1.25 bits per heavy atom. The third-order valence-corrected chi connectivity index (χ3v) is 5.80. The van der Waals surface area contributed by atoms with Crippen molar-refractivity contribution in [2.24, 2.45) is 5.73 Å². The molecule has 0 bridgehead atoms. The van der Waals surface area contributed by atoms with E-state index in [0.717, 1.165) is 24.3 Å². The van der Waals surface area contributed by atoms with E-state index in [1.807, 2.05) is 41.4 Å². The number of halogens is 1. The van der Waals surface area contributed by atoms with E-state index in [0.29, 0.717) is 31.1 Å². The molecular formula is C21H25ClN4O2. The van der Waals surface area contributed by atoms with Crippen molar-refractivity contribution >= 4 is 23.2 Å². The molecule has 1 aromatic heterocycles. The van der Waals surface area contributed by atoms with Crippen molar-refractivity contribution in [1.29, 1.82) is 0 Å². The topological polar surface area (TPSA) is 71.7 Å². The fourth-order valence-corrected chi connectivity index (χ4v) is 4.12. The first-order chi connectivity index (χ1) is 13.5. The van der Waals surface area contributed by atoms with Crippen LogP contribution in [0.4, 0.5) is 5.69 Å². The van der Waals surface area contributed by atoms with E-state index in [9.17, 15) is 4.79 Å². The summed E-state index contributed by atoms with van der Waals surface area (Å²) >= 11 is 5.92. The number of aromatic nitrogens is 1. The summed E-state index contributed by atoms with van der Waals surface area (Å²) < 4.78 is 5.73. The summed E-state index contributed by atoms with van der Waals surface area (Å²) in [5.41, 5.74) is 10.6. The second-order valence-electron chi connectivity index (χ2n) is 7.39. The minimum absolute atomic E-state index is 0.00580. The van der Waals surface area contributed by atoms with Crippen molar-refractivity contribution in [3.8, 4) is 0 Å². The minimum Gasteiger partial charge on any atom is -0.368 e. The van der Waals surface area contributed by atoms with E-state index in [1.54, 1.807) is 0 Å². The molecule has 1 unspecified atom stereocenters. The van der Waals surface area contributed by atoms with Gasteiger partial charge in [0.1, 0.15) is 0 Å². The number of hydrogen-bond donors (Lipinski definition) is 1. The van der Waals surface area contributed by atoms with Crippen LogP contribution in [0, 0.1) is 0 Å². The second kappa shape index (κ2) is 8.07. The number of benzene rings is 1. The Kier molecular flexibility index (Phi) is 5.53. The van der Waals surface area contributed by atoms with Gasteiger partial charge in [-0.2, -0.15) is 0 Å². The zero-order valence-electron chi connectivity index (χ0n) is 16.0. The molecule has 0 aliphatic carbocycles. The lowest BCUT2D eigenvalue weighted by atomic mass is 10.0. The van der Waals surface area contributed by atoms with Gasteiger partial charge in [-0.1, -0.05) is 23.7 Å². The van der Waals surface area contributed by atoms with Crippen LogP contribution in [0.2, 0.25) is 5.02 Å². The molecule has 2 aliphatic rings. The van der Waals surface area contributed by atoms with E-state index in [4.69, 9.17) is 22.1 Å². The fourth-order valence-electron chi connectivity index (χ4n) is 3.99. The lowest BCUT2D eigenvalue weighted by Gasteiger charge is -2.38. The Labute approximate surface area is 170 Å². The Hall–Kier alpha value is -2.15. The zero-order chi connectivity index (χ0) is 19.7. The van der Waals surface area contributed by atoms with Crippen LogP contribution in [0.1, 0.15) is 29.8 Å². The molecule has 2 aliphatic heterocycles. The van der Waals surface area contributed by atoms with Crippen molar-refractivity contribution < 1.29 is 9.53 Å². The molecule has 0 radical (unpaired) electrons. The van der Waals surface area contributed by atoms with Crippen LogP contribution in [-0.4, -0.2) is 48.0 Å². The maximum atomic E-state index is 12.8. The predicted molar refractivity (Wildman–Crippen MR) is 109 cm³/mol. The summed E-state index contributed by atoms with van der Waals surface area (Å²) in [6, 6.07) is 9.00. The molecular weight excluding hydrogens is 376 g/mol. The van der Waals surface area contributed by atoms with E-state index in [2.05, 4.69) is 16.8 Å². The van der Waals surface area contributed by atoms with Crippen molar-refractivity contribution in [3.63, 3.8) is 0 Å². The number of fused-ring (bicyclic) bond motifs is 1. The van der Waals surface area contributed by atoms with Gasteiger partial charge in [-0.3, -0.25) is 9.78 Å². The van der Waals surface area contributed by atoms with E-state index in [1.165, 1.54) is 11.3 Å². The standard InChI is InChI=1S/C21H25ClN4O2/c1-14-20-18(13-28-14)24-7-6-19(20)25-8-10-26(11-9-25)21(27)17(23)12-15-2-4-16(22)5-3-15/h2-7,14,17H,8-13,23H2,1H3/t14?,17-/m1/s1. The molecule has 0 saturated carbocycles. The quantitative estimate of drug-likeness (QED) is 0.853. The van der Waals surface area contributed by atoms with Crippen molar-refractivity contribution in [1.82, 2.24) is 9.88 Å².